The van der Waals surface area contributed by atoms with Gasteiger partial charge in [-0.05, 0) is 26.3 Å². The quantitative estimate of drug-likeness (QED) is 0.540. The fourth-order valence-corrected chi connectivity index (χ4v) is 1.39. The second-order valence-electron chi connectivity index (χ2n) is 2.88. The van der Waals surface area contributed by atoms with E-state index >= 15 is 0 Å². The van der Waals surface area contributed by atoms with Gasteiger partial charge in [0.1, 0.15) is 0 Å². The minimum absolute atomic E-state index is 0.280. The summed E-state index contributed by atoms with van der Waals surface area (Å²) in [6.45, 7) is 5.03. The van der Waals surface area contributed by atoms with Crippen LogP contribution in [0.1, 0.15) is 26.7 Å². The van der Waals surface area contributed by atoms with Crippen LogP contribution >= 0.6 is 0 Å². The van der Waals surface area contributed by atoms with E-state index in [0.29, 0.717) is 0 Å². The van der Waals surface area contributed by atoms with Crippen molar-refractivity contribution in [1.29, 1.82) is 0 Å². The van der Waals surface area contributed by atoms with Gasteiger partial charge in [-0.3, -0.25) is 0 Å². The summed E-state index contributed by atoms with van der Waals surface area (Å²) in [5.41, 5.74) is -0.417. The van der Waals surface area contributed by atoms with Crippen LogP contribution < -0.4 is 5.32 Å². The molecule has 0 aromatic carbocycles. The van der Waals surface area contributed by atoms with Gasteiger partial charge in [-0.1, -0.05) is 6.92 Å². The van der Waals surface area contributed by atoms with Crippen molar-refractivity contribution in [2.45, 2.75) is 38.3 Å². The van der Waals surface area contributed by atoms with E-state index in [2.05, 4.69) is 5.32 Å². The van der Waals surface area contributed by atoms with Crippen LogP contribution in [0.3, 0.4) is 0 Å². The minimum Gasteiger partial charge on any atom is -0.388 e. The molecule has 0 amide bonds. The molecule has 2 N–H and O–H groups in total. The van der Waals surface area contributed by atoms with Crippen LogP contribution in [0.5, 0.6) is 0 Å². The molecule has 0 aromatic rings. The molecule has 1 fully saturated rings. The van der Waals surface area contributed by atoms with Gasteiger partial charge in [-0.25, -0.2) is 0 Å². The first-order chi connectivity index (χ1) is 4.19. The standard InChI is InChI=1S/C7H15NO/c1-3-7(9)4-5-8-6(7)2/h6,8-9H,3-5H2,1-2H3. The van der Waals surface area contributed by atoms with Crippen LogP contribution in [0.15, 0.2) is 0 Å². The highest BCUT2D eigenvalue weighted by atomic mass is 16.3. The maximum Gasteiger partial charge on any atom is 0.0806 e. The molecule has 0 aromatic heterocycles. The zero-order valence-electron chi connectivity index (χ0n) is 6.15. The van der Waals surface area contributed by atoms with Gasteiger partial charge in [-0.15, -0.1) is 0 Å². The van der Waals surface area contributed by atoms with E-state index in [9.17, 15) is 5.11 Å². The van der Waals surface area contributed by atoms with Crippen molar-refractivity contribution in [3.05, 3.63) is 0 Å². The second kappa shape index (κ2) is 2.27. The second-order valence-corrected chi connectivity index (χ2v) is 2.88. The summed E-state index contributed by atoms with van der Waals surface area (Å²) in [6, 6.07) is 0.280. The average Bonchev–Trinajstić information content (AvgIpc) is 2.15. The Morgan fingerprint density at radius 2 is 2.44 bits per heavy atom. The van der Waals surface area contributed by atoms with Crippen molar-refractivity contribution in [1.82, 2.24) is 5.32 Å². The lowest BCUT2D eigenvalue weighted by atomic mass is 9.93. The van der Waals surface area contributed by atoms with E-state index in [1.807, 2.05) is 13.8 Å². The van der Waals surface area contributed by atoms with Crippen molar-refractivity contribution < 1.29 is 5.11 Å². The van der Waals surface area contributed by atoms with Crippen molar-refractivity contribution in [2.75, 3.05) is 6.54 Å². The molecule has 1 saturated heterocycles. The minimum atomic E-state index is -0.417. The molecule has 1 heterocycles. The first-order valence-electron chi connectivity index (χ1n) is 3.65. The number of rotatable bonds is 1. The Kier molecular flexibility index (Phi) is 1.78. The van der Waals surface area contributed by atoms with E-state index in [0.717, 1.165) is 19.4 Å². The van der Waals surface area contributed by atoms with Crippen LogP contribution in [0, 0.1) is 0 Å². The van der Waals surface area contributed by atoms with E-state index in [1.54, 1.807) is 0 Å². The van der Waals surface area contributed by atoms with E-state index in [-0.39, 0.29) is 6.04 Å². The molecule has 2 unspecified atom stereocenters. The molecule has 0 saturated carbocycles. The third-order valence-electron chi connectivity index (χ3n) is 2.43. The fourth-order valence-electron chi connectivity index (χ4n) is 1.39. The Bertz CT molecular complexity index is 105. The average molecular weight is 129 g/mol. The Balaban J connectivity index is 2.56. The van der Waals surface area contributed by atoms with E-state index in [4.69, 9.17) is 0 Å². The largest absolute Gasteiger partial charge is 0.388 e. The topological polar surface area (TPSA) is 32.3 Å². The van der Waals surface area contributed by atoms with E-state index < -0.39 is 5.60 Å². The van der Waals surface area contributed by atoms with Crippen molar-refractivity contribution in [3.63, 3.8) is 0 Å². The van der Waals surface area contributed by atoms with Crippen LogP contribution in [0.25, 0.3) is 0 Å². The highest BCUT2D eigenvalue weighted by Gasteiger charge is 2.35. The molecular weight excluding hydrogens is 114 g/mol. The van der Waals surface area contributed by atoms with Gasteiger partial charge in [-0.2, -0.15) is 0 Å². The Labute approximate surface area is 56.3 Å². The summed E-state index contributed by atoms with van der Waals surface area (Å²) in [6.07, 6.45) is 1.77. The van der Waals surface area contributed by atoms with Crippen LogP contribution in [-0.4, -0.2) is 23.3 Å². The molecule has 1 aliphatic heterocycles. The monoisotopic (exact) mass is 129 g/mol. The number of hydrogen-bond donors (Lipinski definition) is 2. The molecule has 2 heteroatoms. The highest BCUT2D eigenvalue weighted by molar-refractivity contribution is 4.93. The SMILES string of the molecule is CCC1(O)CCNC1C. The summed E-state index contributed by atoms with van der Waals surface area (Å²) in [5.74, 6) is 0. The number of hydrogen-bond acceptors (Lipinski definition) is 2. The maximum atomic E-state index is 9.71. The lowest BCUT2D eigenvalue weighted by Gasteiger charge is -2.24. The molecule has 0 aliphatic carbocycles. The molecule has 2 atom stereocenters. The summed E-state index contributed by atoms with van der Waals surface area (Å²) < 4.78 is 0. The van der Waals surface area contributed by atoms with Gasteiger partial charge in [0.15, 0.2) is 0 Å². The molecule has 2 nitrogen and oxygen atoms in total. The van der Waals surface area contributed by atoms with Gasteiger partial charge in [0, 0.05) is 6.04 Å². The first kappa shape index (κ1) is 7.03. The van der Waals surface area contributed by atoms with Crippen LogP contribution in [0.2, 0.25) is 0 Å². The van der Waals surface area contributed by atoms with Crippen LogP contribution in [-0.2, 0) is 0 Å². The van der Waals surface area contributed by atoms with Gasteiger partial charge in [0.25, 0.3) is 0 Å². The highest BCUT2D eigenvalue weighted by Crippen LogP contribution is 2.23. The first-order valence-corrected chi connectivity index (χ1v) is 3.65. The molecule has 0 bridgehead atoms. The van der Waals surface area contributed by atoms with Crippen molar-refractivity contribution in [2.24, 2.45) is 0 Å². The molecular formula is C7H15NO. The third-order valence-corrected chi connectivity index (χ3v) is 2.43. The molecule has 1 aliphatic rings. The maximum absolute atomic E-state index is 9.71. The van der Waals surface area contributed by atoms with E-state index in [1.165, 1.54) is 0 Å². The molecule has 1 rings (SSSR count). The Morgan fingerprint density at radius 1 is 1.78 bits per heavy atom. The summed E-state index contributed by atoms with van der Waals surface area (Å²) >= 11 is 0. The van der Waals surface area contributed by atoms with Gasteiger partial charge >= 0.3 is 0 Å². The molecule has 0 radical (unpaired) electrons. The number of aliphatic hydroxyl groups is 1. The number of nitrogens with one attached hydrogen (secondary N) is 1. The summed E-state index contributed by atoms with van der Waals surface area (Å²) in [4.78, 5) is 0. The lowest BCUT2D eigenvalue weighted by molar-refractivity contribution is 0.0294. The molecule has 9 heavy (non-hydrogen) atoms. The van der Waals surface area contributed by atoms with Gasteiger partial charge in [0.05, 0.1) is 5.60 Å². The normalized spacial score (nSPS) is 43.7. The van der Waals surface area contributed by atoms with Crippen LogP contribution in [0.4, 0.5) is 0 Å². The Morgan fingerprint density at radius 3 is 2.67 bits per heavy atom. The summed E-state index contributed by atoms with van der Waals surface area (Å²) in [7, 11) is 0. The lowest BCUT2D eigenvalue weighted by Crippen LogP contribution is -2.39. The predicted molar refractivity (Wildman–Crippen MR) is 37.3 cm³/mol. The summed E-state index contributed by atoms with van der Waals surface area (Å²) in [5, 5.41) is 12.9. The zero-order chi connectivity index (χ0) is 6.91. The third kappa shape index (κ3) is 1.10. The van der Waals surface area contributed by atoms with Gasteiger partial charge < -0.3 is 10.4 Å². The molecule has 0 spiro atoms. The fraction of sp³-hybridized carbons (Fsp3) is 1.00. The Hall–Kier alpha value is -0.0800. The van der Waals surface area contributed by atoms with Gasteiger partial charge in [0.2, 0.25) is 0 Å². The predicted octanol–water partition coefficient (Wildman–Crippen LogP) is 0.509. The zero-order valence-corrected chi connectivity index (χ0v) is 6.15. The smallest absolute Gasteiger partial charge is 0.0806 e. The molecule has 54 valence electrons. The van der Waals surface area contributed by atoms with Crippen molar-refractivity contribution >= 4 is 0 Å². The van der Waals surface area contributed by atoms with Crippen molar-refractivity contribution in [3.8, 4) is 0 Å².